The van der Waals surface area contributed by atoms with Crippen molar-refractivity contribution in [1.82, 2.24) is 9.80 Å². The lowest BCUT2D eigenvalue weighted by molar-refractivity contribution is -0.130. The van der Waals surface area contributed by atoms with Gasteiger partial charge in [-0.3, -0.25) is 14.5 Å². The van der Waals surface area contributed by atoms with Crippen LogP contribution in [0.4, 0.5) is 10.1 Å². The summed E-state index contributed by atoms with van der Waals surface area (Å²) in [6, 6.07) is 12.2. The Morgan fingerprint density at radius 3 is 2.43 bits per heavy atom. The van der Waals surface area contributed by atoms with Crippen molar-refractivity contribution >= 4 is 34.8 Å². The molecule has 1 N–H and O–H groups in total. The molecule has 0 spiro atoms. The molecule has 2 amide bonds. The highest BCUT2D eigenvalue weighted by molar-refractivity contribution is 7.80. The fourth-order valence-corrected chi connectivity index (χ4v) is 3.28. The molecule has 28 heavy (non-hydrogen) atoms. The van der Waals surface area contributed by atoms with E-state index in [0.29, 0.717) is 23.1 Å². The summed E-state index contributed by atoms with van der Waals surface area (Å²) in [6.45, 7) is 0.315. The number of methoxy groups -OCH3 is 1. The van der Waals surface area contributed by atoms with E-state index >= 15 is 0 Å². The summed E-state index contributed by atoms with van der Waals surface area (Å²) < 4.78 is 18.2. The van der Waals surface area contributed by atoms with Crippen LogP contribution in [0.1, 0.15) is 12.0 Å². The van der Waals surface area contributed by atoms with Crippen LogP contribution in [0.15, 0.2) is 48.5 Å². The highest BCUT2D eigenvalue weighted by Gasteiger charge is 2.41. The molecule has 0 aromatic heterocycles. The van der Waals surface area contributed by atoms with Gasteiger partial charge in [0.25, 0.3) is 5.91 Å². The number of nitrogens with zero attached hydrogens (tertiary/aromatic N) is 2. The van der Waals surface area contributed by atoms with Gasteiger partial charge in [0.2, 0.25) is 5.91 Å². The quantitative estimate of drug-likeness (QED) is 0.755. The van der Waals surface area contributed by atoms with E-state index in [1.54, 1.807) is 55.5 Å². The molecule has 2 aromatic rings. The van der Waals surface area contributed by atoms with Crippen molar-refractivity contribution < 1.29 is 18.7 Å². The second-order valence-corrected chi connectivity index (χ2v) is 6.80. The number of hydrogen-bond acceptors (Lipinski definition) is 4. The number of amides is 2. The van der Waals surface area contributed by atoms with Gasteiger partial charge in [0.15, 0.2) is 5.11 Å². The number of hydrogen-bond donors (Lipinski definition) is 1. The van der Waals surface area contributed by atoms with E-state index in [-0.39, 0.29) is 24.1 Å². The third-order valence-corrected chi connectivity index (χ3v) is 5.05. The third-order valence-electron chi connectivity index (χ3n) is 4.54. The van der Waals surface area contributed by atoms with Gasteiger partial charge in [0, 0.05) is 19.3 Å². The first-order chi connectivity index (χ1) is 13.4. The van der Waals surface area contributed by atoms with Crippen LogP contribution in [0.2, 0.25) is 0 Å². The maximum Gasteiger partial charge on any atom is 0.251 e. The van der Waals surface area contributed by atoms with Gasteiger partial charge in [0.1, 0.15) is 17.6 Å². The summed E-state index contributed by atoms with van der Waals surface area (Å²) in [5, 5.41) is 3.12. The molecule has 1 atom stereocenters. The van der Waals surface area contributed by atoms with Gasteiger partial charge in [-0.05, 0) is 54.2 Å². The molecule has 1 fully saturated rings. The first kappa shape index (κ1) is 19.8. The summed E-state index contributed by atoms with van der Waals surface area (Å²) in [4.78, 5) is 28.1. The molecule has 8 heteroatoms. The van der Waals surface area contributed by atoms with Crippen LogP contribution in [0.3, 0.4) is 0 Å². The monoisotopic (exact) mass is 401 g/mol. The van der Waals surface area contributed by atoms with Crippen LogP contribution in [0.25, 0.3) is 0 Å². The largest absolute Gasteiger partial charge is 0.497 e. The van der Waals surface area contributed by atoms with Crippen LogP contribution >= 0.6 is 12.2 Å². The molecule has 0 saturated carbocycles. The molecule has 6 nitrogen and oxygen atoms in total. The zero-order valence-corrected chi connectivity index (χ0v) is 16.3. The average molecular weight is 401 g/mol. The lowest BCUT2D eigenvalue weighted by Gasteiger charge is -2.23. The molecule has 0 unspecified atom stereocenters. The normalized spacial score (nSPS) is 16.5. The molecule has 1 aliphatic heterocycles. The van der Waals surface area contributed by atoms with E-state index in [9.17, 15) is 14.0 Å². The third kappa shape index (κ3) is 4.28. The summed E-state index contributed by atoms with van der Waals surface area (Å²) in [5.74, 6) is -0.194. The molecule has 146 valence electrons. The SMILES string of the molecule is COc1ccc(NC(=O)C[C@@H]2C(=O)N(C)C(=S)N2Cc2ccc(F)cc2)cc1. The molecule has 0 aliphatic carbocycles. The average Bonchev–Trinajstić information content (AvgIpc) is 2.88. The number of carbonyl (C=O) groups is 2. The van der Waals surface area contributed by atoms with Crippen molar-refractivity contribution in [3.8, 4) is 5.75 Å². The minimum atomic E-state index is -0.708. The van der Waals surface area contributed by atoms with E-state index in [1.807, 2.05) is 0 Å². The maximum absolute atomic E-state index is 13.1. The Labute approximate surface area is 167 Å². The molecule has 1 aliphatic rings. The standard InChI is InChI=1S/C20H20FN3O3S/c1-23-19(26)17(11-18(25)22-15-7-9-16(27-2)10-8-15)24(20(23)28)12-13-3-5-14(21)6-4-13/h3-10,17H,11-12H2,1-2H3,(H,22,25)/t17-/m1/s1. The number of thiocarbonyl (C=S) groups is 1. The van der Waals surface area contributed by atoms with Crippen molar-refractivity contribution in [2.75, 3.05) is 19.5 Å². The predicted octanol–water partition coefficient (Wildman–Crippen LogP) is 2.79. The maximum atomic E-state index is 13.1. The first-order valence-corrected chi connectivity index (χ1v) is 9.06. The van der Waals surface area contributed by atoms with Gasteiger partial charge in [0.05, 0.1) is 13.5 Å². The van der Waals surface area contributed by atoms with Crippen molar-refractivity contribution in [2.45, 2.75) is 19.0 Å². The van der Waals surface area contributed by atoms with Gasteiger partial charge in [-0.15, -0.1) is 0 Å². The number of nitrogens with one attached hydrogen (secondary N) is 1. The Balaban J connectivity index is 1.71. The van der Waals surface area contributed by atoms with Gasteiger partial charge in [-0.2, -0.15) is 0 Å². The molecule has 3 rings (SSSR count). The second kappa shape index (κ2) is 8.35. The van der Waals surface area contributed by atoms with Crippen LogP contribution in [0.5, 0.6) is 5.75 Å². The van der Waals surface area contributed by atoms with Crippen molar-refractivity contribution in [3.63, 3.8) is 0 Å². The topological polar surface area (TPSA) is 61.9 Å². The molecule has 1 heterocycles. The molecule has 0 radical (unpaired) electrons. The Bertz CT molecular complexity index is 887. The minimum Gasteiger partial charge on any atom is -0.497 e. The van der Waals surface area contributed by atoms with Crippen LogP contribution in [-0.2, 0) is 16.1 Å². The van der Waals surface area contributed by atoms with E-state index in [1.165, 1.54) is 17.0 Å². The molecular formula is C20H20FN3O3S. The van der Waals surface area contributed by atoms with Crippen LogP contribution in [0, 0.1) is 5.82 Å². The van der Waals surface area contributed by atoms with Gasteiger partial charge < -0.3 is 15.0 Å². The smallest absolute Gasteiger partial charge is 0.251 e. The number of carbonyl (C=O) groups excluding carboxylic acids is 2. The summed E-state index contributed by atoms with van der Waals surface area (Å²) in [6.07, 6.45) is -0.0451. The van der Waals surface area contributed by atoms with E-state index in [4.69, 9.17) is 17.0 Å². The highest BCUT2D eigenvalue weighted by atomic mass is 32.1. The van der Waals surface area contributed by atoms with Gasteiger partial charge >= 0.3 is 0 Å². The lowest BCUT2D eigenvalue weighted by Crippen LogP contribution is -2.37. The van der Waals surface area contributed by atoms with Crippen molar-refractivity contribution in [2.24, 2.45) is 0 Å². The van der Waals surface area contributed by atoms with E-state index in [2.05, 4.69) is 5.32 Å². The molecule has 2 aromatic carbocycles. The molecule has 1 saturated heterocycles. The fourth-order valence-electron chi connectivity index (χ4n) is 3.00. The second-order valence-electron chi connectivity index (χ2n) is 6.43. The Hall–Kier alpha value is -3.00. The van der Waals surface area contributed by atoms with Crippen molar-refractivity contribution in [3.05, 3.63) is 59.9 Å². The lowest BCUT2D eigenvalue weighted by atomic mass is 10.1. The summed E-state index contributed by atoms with van der Waals surface area (Å²) >= 11 is 5.36. The number of ether oxygens (including phenoxy) is 1. The summed E-state index contributed by atoms with van der Waals surface area (Å²) in [7, 11) is 3.15. The predicted molar refractivity (Wildman–Crippen MR) is 107 cm³/mol. The first-order valence-electron chi connectivity index (χ1n) is 8.65. The zero-order chi connectivity index (χ0) is 20.3. The number of benzene rings is 2. The molecule has 0 bridgehead atoms. The van der Waals surface area contributed by atoms with Gasteiger partial charge in [-0.25, -0.2) is 4.39 Å². The van der Waals surface area contributed by atoms with Gasteiger partial charge in [-0.1, -0.05) is 12.1 Å². The van der Waals surface area contributed by atoms with Crippen molar-refractivity contribution in [1.29, 1.82) is 0 Å². The Morgan fingerprint density at radius 2 is 1.82 bits per heavy atom. The van der Waals surface area contributed by atoms with Crippen LogP contribution < -0.4 is 10.1 Å². The number of anilines is 1. The number of likely N-dealkylation sites (N-methyl/N-ethyl adjacent to an activating group) is 1. The fraction of sp³-hybridized carbons (Fsp3) is 0.250. The van der Waals surface area contributed by atoms with Crippen LogP contribution in [-0.4, -0.2) is 46.9 Å². The highest BCUT2D eigenvalue weighted by Crippen LogP contribution is 2.23. The zero-order valence-electron chi connectivity index (χ0n) is 15.5. The van der Waals surface area contributed by atoms with E-state index < -0.39 is 6.04 Å². The summed E-state index contributed by atoms with van der Waals surface area (Å²) in [5.41, 5.74) is 1.41. The van der Waals surface area contributed by atoms with E-state index in [0.717, 1.165) is 5.56 Å². The Morgan fingerprint density at radius 1 is 1.18 bits per heavy atom. The number of halogens is 1. The molecular weight excluding hydrogens is 381 g/mol. The number of rotatable bonds is 6. The minimum absolute atomic E-state index is 0.0451. The Kier molecular flexibility index (Phi) is 5.89.